The van der Waals surface area contributed by atoms with Gasteiger partial charge in [0.2, 0.25) is 5.91 Å². The Hall–Kier alpha value is -3.77. The van der Waals surface area contributed by atoms with Crippen LogP contribution in [0.2, 0.25) is 0 Å². The number of aliphatic hydroxyl groups is 1. The van der Waals surface area contributed by atoms with Crippen LogP contribution in [-0.2, 0) is 11.3 Å². The Balaban J connectivity index is 1.66. The predicted octanol–water partition coefficient (Wildman–Crippen LogP) is 2.44. The van der Waals surface area contributed by atoms with Gasteiger partial charge in [0.05, 0.1) is 24.3 Å². The fourth-order valence-corrected chi connectivity index (χ4v) is 4.00. The number of aromatic nitrogens is 2. The number of nitriles is 1. The van der Waals surface area contributed by atoms with Gasteiger partial charge in [0.15, 0.2) is 5.69 Å². The molecule has 1 atom stereocenters. The lowest BCUT2D eigenvalue weighted by Gasteiger charge is -2.41. The van der Waals surface area contributed by atoms with Gasteiger partial charge >= 0.3 is 0 Å². The molecule has 176 valence electrons. The number of nitrogens with zero attached hydrogens (tertiary/aromatic N) is 4. The molecule has 2 amide bonds. The molecule has 9 heteroatoms. The number of aliphatic hydroxyl groups excluding tert-OH is 1. The fraction of sp³-hybridized carbons (Fsp3) is 0.360. The number of carbonyl (C=O) groups excluding carboxylic acids is 2. The molecule has 1 aliphatic rings. The first-order valence-electron chi connectivity index (χ1n) is 11.0. The third kappa shape index (κ3) is 4.50. The molecule has 0 radical (unpaired) electrons. The summed E-state index contributed by atoms with van der Waals surface area (Å²) in [6.45, 7) is 6.18. The lowest BCUT2D eigenvalue weighted by atomic mass is 9.85. The minimum atomic E-state index is -0.847. The SMILES string of the molecule is CC(C)(C)C(NC(=O)c1nn(Cc2ccc(C#N)cc2)c2c(F)cccc12)C(=O)N1CC(O)C1. The lowest BCUT2D eigenvalue weighted by Crippen LogP contribution is -2.62. The third-order valence-electron chi connectivity index (χ3n) is 5.91. The maximum atomic E-state index is 14.8. The number of hydrogen-bond acceptors (Lipinski definition) is 5. The zero-order valence-corrected chi connectivity index (χ0v) is 19.2. The Bertz CT molecular complexity index is 1280. The van der Waals surface area contributed by atoms with E-state index in [0.29, 0.717) is 10.9 Å². The second-order valence-corrected chi connectivity index (χ2v) is 9.62. The van der Waals surface area contributed by atoms with Gasteiger partial charge in [-0.05, 0) is 29.2 Å². The van der Waals surface area contributed by atoms with Crippen LogP contribution in [0.3, 0.4) is 0 Å². The number of carbonyl (C=O) groups is 2. The van der Waals surface area contributed by atoms with Crippen molar-refractivity contribution in [2.45, 2.75) is 39.5 Å². The Morgan fingerprint density at radius 2 is 1.91 bits per heavy atom. The van der Waals surface area contributed by atoms with Crippen molar-refractivity contribution in [1.82, 2.24) is 20.0 Å². The van der Waals surface area contributed by atoms with E-state index in [4.69, 9.17) is 5.26 Å². The number of para-hydroxylation sites is 1. The van der Waals surface area contributed by atoms with Crippen molar-refractivity contribution < 1.29 is 19.1 Å². The highest BCUT2D eigenvalue weighted by atomic mass is 19.1. The highest BCUT2D eigenvalue weighted by Gasteiger charge is 2.40. The monoisotopic (exact) mass is 463 g/mol. The van der Waals surface area contributed by atoms with Crippen LogP contribution in [-0.4, -0.2) is 56.8 Å². The molecule has 1 unspecified atom stereocenters. The van der Waals surface area contributed by atoms with E-state index in [1.54, 1.807) is 30.3 Å². The molecule has 8 nitrogen and oxygen atoms in total. The molecule has 2 aromatic carbocycles. The van der Waals surface area contributed by atoms with Gasteiger partial charge in [0, 0.05) is 18.5 Å². The van der Waals surface area contributed by atoms with Crippen LogP contribution in [0.4, 0.5) is 4.39 Å². The van der Waals surface area contributed by atoms with Gasteiger partial charge in [0.25, 0.3) is 5.91 Å². The molecule has 1 aromatic heterocycles. The molecule has 34 heavy (non-hydrogen) atoms. The van der Waals surface area contributed by atoms with Crippen LogP contribution < -0.4 is 5.32 Å². The van der Waals surface area contributed by atoms with Gasteiger partial charge in [0.1, 0.15) is 17.4 Å². The maximum Gasteiger partial charge on any atom is 0.273 e. The summed E-state index contributed by atoms with van der Waals surface area (Å²) in [5, 5.41) is 26.1. The van der Waals surface area contributed by atoms with Gasteiger partial charge in [-0.1, -0.05) is 45.0 Å². The smallest absolute Gasteiger partial charge is 0.273 e. The first kappa shape index (κ1) is 23.4. The molecule has 0 spiro atoms. The van der Waals surface area contributed by atoms with Crippen molar-refractivity contribution in [3.63, 3.8) is 0 Å². The molecular formula is C25H26FN5O3. The fourth-order valence-electron chi connectivity index (χ4n) is 4.00. The van der Waals surface area contributed by atoms with Crippen molar-refractivity contribution in [1.29, 1.82) is 5.26 Å². The molecule has 0 aliphatic carbocycles. The zero-order chi connectivity index (χ0) is 24.6. The normalized spacial score (nSPS) is 15.0. The van der Waals surface area contributed by atoms with Crippen LogP contribution in [0.1, 0.15) is 42.4 Å². The van der Waals surface area contributed by atoms with Crippen LogP contribution in [0.15, 0.2) is 42.5 Å². The molecule has 1 fully saturated rings. The summed E-state index contributed by atoms with van der Waals surface area (Å²) in [6.07, 6.45) is -0.551. The van der Waals surface area contributed by atoms with Crippen molar-refractivity contribution in [3.05, 3.63) is 65.1 Å². The van der Waals surface area contributed by atoms with Gasteiger partial charge in [-0.25, -0.2) is 4.39 Å². The largest absolute Gasteiger partial charge is 0.389 e. The number of rotatable bonds is 5. The molecule has 1 saturated heterocycles. The average Bonchev–Trinajstić information content (AvgIpc) is 3.14. The number of halogens is 1. The maximum absolute atomic E-state index is 14.8. The number of nitrogens with one attached hydrogen (secondary N) is 1. The van der Waals surface area contributed by atoms with E-state index in [2.05, 4.69) is 16.5 Å². The molecule has 2 heterocycles. The van der Waals surface area contributed by atoms with Crippen molar-refractivity contribution in [3.8, 4) is 6.07 Å². The number of likely N-dealkylation sites (tertiary alicyclic amines) is 1. The minimum Gasteiger partial charge on any atom is -0.389 e. The summed E-state index contributed by atoms with van der Waals surface area (Å²) in [6, 6.07) is 12.5. The third-order valence-corrected chi connectivity index (χ3v) is 5.91. The van der Waals surface area contributed by atoms with Crippen molar-refractivity contribution in [2.24, 2.45) is 5.41 Å². The summed E-state index contributed by atoms with van der Waals surface area (Å²) in [7, 11) is 0. The van der Waals surface area contributed by atoms with Crippen LogP contribution in [0.5, 0.6) is 0 Å². The highest BCUT2D eigenvalue weighted by Crippen LogP contribution is 2.26. The number of β-amino-alcohol motifs (C(OH)–C–C–N with tert-alkyl or cyclic N) is 1. The van der Waals surface area contributed by atoms with Gasteiger partial charge in [-0.15, -0.1) is 0 Å². The first-order chi connectivity index (χ1) is 16.1. The summed E-state index contributed by atoms with van der Waals surface area (Å²) in [5.41, 5.74) is 0.903. The van der Waals surface area contributed by atoms with Gasteiger partial charge < -0.3 is 15.3 Å². The molecule has 0 bridgehead atoms. The Morgan fingerprint density at radius 1 is 1.24 bits per heavy atom. The first-order valence-corrected chi connectivity index (χ1v) is 11.0. The molecule has 1 aliphatic heterocycles. The quantitative estimate of drug-likeness (QED) is 0.604. The van der Waals surface area contributed by atoms with E-state index in [1.165, 1.54) is 21.7 Å². The Kier molecular flexibility index (Phi) is 6.11. The number of amides is 2. The molecule has 3 aromatic rings. The minimum absolute atomic E-state index is 0.0221. The van der Waals surface area contributed by atoms with E-state index >= 15 is 0 Å². The lowest BCUT2D eigenvalue weighted by molar-refractivity contribution is -0.146. The van der Waals surface area contributed by atoms with Gasteiger partial charge in [-0.3, -0.25) is 14.3 Å². The highest BCUT2D eigenvalue weighted by molar-refractivity contribution is 6.06. The number of fused-ring (bicyclic) bond motifs is 1. The number of benzene rings is 2. The molecule has 2 N–H and O–H groups in total. The van der Waals surface area contributed by atoms with Crippen LogP contribution in [0, 0.1) is 22.6 Å². The molecular weight excluding hydrogens is 437 g/mol. The second-order valence-electron chi connectivity index (χ2n) is 9.62. The van der Waals surface area contributed by atoms with E-state index in [0.717, 1.165) is 5.56 Å². The van der Waals surface area contributed by atoms with E-state index in [1.807, 2.05) is 20.8 Å². The molecule has 0 saturated carbocycles. The topological polar surface area (TPSA) is 111 Å². The predicted molar refractivity (Wildman–Crippen MR) is 123 cm³/mol. The molecule has 4 rings (SSSR count). The van der Waals surface area contributed by atoms with E-state index < -0.39 is 29.3 Å². The summed E-state index contributed by atoms with van der Waals surface area (Å²) in [4.78, 5) is 27.8. The van der Waals surface area contributed by atoms with Crippen molar-refractivity contribution >= 4 is 22.7 Å². The van der Waals surface area contributed by atoms with E-state index in [-0.39, 0.29) is 36.8 Å². The Morgan fingerprint density at radius 3 is 2.50 bits per heavy atom. The standard InChI is InChI=1S/C25H26FN5O3/c1-25(2,3)22(24(34)30-13-17(32)14-30)28-23(33)20-18-5-4-6-19(26)21(18)31(29-20)12-16-9-7-15(11-27)8-10-16/h4-10,17,22,32H,12-14H2,1-3H3,(H,28,33). The van der Waals surface area contributed by atoms with Crippen LogP contribution in [0.25, 0.3) is 10.9 Å². The van der Waals surface area contributed by atoms with Gasteiger partial charge in [-0.2, -0.15) is 10.4 Å². The van der Waals surface area contributed by atoms with Crippen LogP contribution >= 0.6 is 0 Å². The zero-order valence-electron chi connectivity index (χ0n) is 19.2. The second kappa shape index (κ2) is 8.88. The van der Waals surface area contributed by atoms with Crippen molar-refractivity contribution in [2.75, 3.05) is 13.1 Å². The summed E-state index contributed by atoms with van der Waals surface area (Å²) in [5.74, 6) is -1.38. The van der Waals surface area contributed by atoms with E-state index in [9.17, 15) is 19.1 Å². The summed E-state index contributed by atoms with van der Waals surface area (Å²) < 4.78 is 16.2. The summed E-state index contributed by atoms with van der Waals surface area (Å²) >= 11 is 0. The average molecular weight is 464 g/mol. The number of hydrogen-bond donors (Lipinski definition) is 2. The Labute approximate surface area is 196 Å².